The Labute approximate surface area is 223 Å². The molecule has 3 aromatic rings. The van der Waals surface area contributed by atoms with Gasteiger partial charge in [-0.05, 0) is 29.9 Å². The first-order valence-electron chi connectivity index (χ1n) is 12.5. The first kappa shape index (κ1) is 27.3. The van der Waals surface area contributed by atoms with Gasteiger partial charge in [0.15, 0.2) is 0 Å². The molecule has 200 valence electrons. The van der Waals surface area contributed by atoms with Gasteiger partial charge >= 0.3 is 6.09 Å². The molecule has 2 amide bonds. The molecule has 9 nitrogen and oxygen atoms in total. The maximum Gasteiger partial charge on any atom is 0.413 e. The van der Waals surface area contributed by atoms with Crippen molar-refractivity contribution in [1.82, 2.24) is 14.1 Å². The number of sulfonamides is 1. The van der Waals surface area contributed by atoms with Crippen LogP contribution < -0.4 is 0 Å². The monoisotopic (exact) mass is 536 g/mol. The number of rotatable bonds is 10. The van der Waals surface area contributed by atoms with Gasteiger partial charge in [0.25, 0.3) is 0 Å². The highest BCUT2D eigenvalue weighted by molar-refractivity contribution is 7.89. The molecule has 4 rings (SSSR count). The Morgan fingerprint density at radius 3 is 2.42 bits per heavy atom. The molecule has 1 N–H and O–H groups in total. The minimum absolute atomic E-state index is 0.0224. The summed E-state index contributed by atoms with van der Waals surface area (Å²) in [6.07, 6.45) is 0.438. The summed E-state index contributed by atoms with van der Waals surface area (Å²) in [4.78, 5) is 31.4. The van der Waals surface area contributed by atoms with E-state index < -0.39 is 16.1 Å². The molecule has 0 saturated heterocycles. The first-order valence-corrected chi connectivity index (χ1v) is 13.9. The third-order valence-corrected chi connectivity index (χ3v) is 8.60. The van der Waals surface area contributed by atoms with Crippen LogP contribution in [0.5, 0.6) is 0 Å². The predicted octanol–water partition coefficient (Wildman–Crippen LogP) is 4.03. The standard InChI is InChI=1S/C28H32N4O5S/c1-30(20-21-13-15-23(16-14-21)27-29-17-19-32(27)28(34)35)26(33)12-5-6-18-31(2)38(36,37)25-11-7-9-22-8-3-4-10-24(22)25/h3-4,7-11,13-16H,5-6,12,17-20H2,1-2H3,(H,34,35). The number of unbranched alkanes of at least 4 members (excludes halogenated alkanes) is 1. The number of fused-ring (bicyclic) bond motifs is 1. The quantitative estimate of drug-likeness (QED) is 0.394. The number of carbonyl (C=O) groups excluding carboxylic acids is 1. The van der Waals surface area contributed by atoms with Crippen LogP contribution in [0, 0.1) is 0 Å². The van der Waals surface area contributed by atoms with E-state index in [2.05, 4.69) is 4.99 Å². The number of carboxylic acid groups (broad SMARTS) is 1. The number of amidine groups is 1. The molecule has 10 heteroatoms. The molecule has 0 radical (unpaired) electrons. The van der Waals surface area contributed by atoms with E-state index in [0.29, 0.717) is 56.7 Å². The van der Waals surface area contributed by atoms with Gasteiger partial charge in [0.1, 0.15) is 5.84 Å². The SMILES string of the molecule is CN(Cc1ccc(C2=NCCN2C(=O)O)cc1)C(=O)CCCCN(C)S(=O)(=O)c1cccc2ccccc12. The van der Waals surface area contributed by atoms with E-state index in [-0.39, 0.29) is 10.8 Å². The largest absolute Gasteiger partial charge is 0.465 e. The number of benzene rings is 3. The fourth-order valence-corrected chi connectivity index (χ4v) is 5.93. The molecule has 1 heterocycles. The summed E-state index contributed by atoms with van der Waals surface area (Å²) in [5, 5.41) is 10.9. The maximum atomic E-state index is 13.2. The third-order valence-electron chi connectivity index (χ3n) is 6.68. The molecule has 0 fully saturated rings. The smallest absolute Gasteiger partial charge is 0.413 e. The molecular weight excluding hydrogens is 504 g/mol. The van der Waals surface area contributed by atoms with Gasteiger partial charge in [0.05, 0.1) is 18.0 Å². The fraction of sp³-hybridized carbons (Fsp3) is 0.321. The molecule has 38 heavy (non-hydrogen) atoms. The topological polar surface area (TPSA) is 111 Å². The second-order valence-electron chi connectivity index (χ2n) is 9.35. The van der Waals surface area contributed by atoms with Crippen LogP contribution in [0.4, 0.5) is 4.79 Å². The molecule has 1 aliphatic heterocycles. The average Bonchev–Trinajstić information content (AvgIpc) is 3.41. The van der Waals surface area contributed by atoms with E-state index in [0.717, 1.165) is 16.5 Å². The maximum absolute atomic E-state index is 13.2. The van der Waals surface area contributed by atoms with E-state index in [1.54, 1.807) is 31.1 Å². The molecule has 1 aliphatic rings. The van der Waals surface area contributed by atoms with Crippen molar-refractivity contribution in [2.75, 3.05) is 33.7 Å². The second-order valence-corrected chi connectivity index (χ2v) is 11.4. The highest BCUT2D eigenvalue weighted by Crippen LogP contribution is 2.25. The molecule has 0 unspecified atom stereocenters. The van der Waals surface area contributed by atoms with Crippen molar-refractivity contribution >= 4 is 38.6 Å². The van der Waals surface area contributed by atoms with Crippen molar-refractivity contribution in [1.29, 1.82) is 0 Å². The molecule has 0 aromatic heterocycles. The number of carbonyl (C=O) groups is 2. The van der Waals surface area contributed by atoms with Gasteiger partial charge in [-0.2, -0.15) is 0 Å². The molecular formula is C28H32N4O5S. The fourth-order valence-electron chi connectivity index (χ4n) is 4.51. The minimum atomic E-state index is -3.65. The van der Waals surface area contributed by atoms with Crippen LogP contribution in [0.2, 0.25) is 0 Å². The lowest BCUT2D eigenvalue weighted by molar-refractivity contribution is -0.130. The lowest BCUT2D eigenvalue weighted by Crippen LogP contribution is -2.33. The van der Waals surface area contributed by atoms with E-state index in [1.807, 2.05) is 54.6 Å². The summed E-state index contributed by atoms with van der Waals surface area (Å²) in [7, 11) is -0.340. The summed E-state index contributed by atoms with van der Waals surface area (Å²) in [6, 6.07) is 20.1. The molecule has 0 spiro atoms. The molecule has 3 aromatic carbocycles. The highest BCUT2D eigenvalue weighted by atomic mass is 32.2. The van der Waals surface area contributed by atoms with Crippen molar-refractivity contribution in [3.8, 4) is 0 Å². The van der Waals surface area contributed by atoms with Crippen molar-refractivity contribution in [2.24, 2.45) is 4.99 Å². The second kappa shape index (κ2) is 11.7. The zero-order chi connectivity index (χ0) is 27.3. The molecule has 0 atom stereocenters. The van der Waals surface area contributed by atoms with Gasteiger partial charge in [-0.15, -0.1) is 0 Å². The average molecular weight is 537 g/mol. The summed E-state index contributed by atoms with van der Waals surface area (Å²) in [5.74, 6) is 0.423. The van der Waals surface area contributed by atoms with Crippen molar-refractivity contribution < 1.29 is 23.1 Å². The number of nitrogens with zero attached hydrogens (tertiary/aromatic N) is 4. The lowest BCUT2D eigenvalue weighted by atomic mass is 10.1. The number of aliphatic imine (C=N–C) groups is 1. The van der Waals surface area contributed by atoms with Gasteiger partial charge in [0, 0.05) is 44.6 Å². The van der Waals surface area contributed by atoms with Gasteiger partial charge < -0.3 is 10.0 Å². The number of hydrogen-bond donors (Lipinski definition) is 1. The normalized spacial score (nSPS) is 13.7. The summed E-state index contributed by atoms with van der Waals surface area (Å²) < 4.78 is 27.7. The molecule has 0 saturated carbocycles. The van der Waals surface area contributed by atoms with Gasteiger partial charge in [-0.3, -0.25) is 14.7 Å². The Kier molecular flexibility index (Phi) is 8.43. The third kappa shape index (κ3) is 6.03. The van der Waals surface area contributed by atoms with E-state index in [1.165, 1.54) is 9.21 Å². The van der Waals surface area contributed by atoms with Crippen LogP contribution in [0.25, 0.3) is 10.8 Å². The first-order chi connectivity index (χ1) is 18.2. The number of amides is 2. The predicted molar refractivity (Wildman–Crippen MR) is 147 cm³/mol. The zero-order valence-electron chi connectivity index (χ0n) is 21.6. The Morgan fingerprint density at radius 2 is 1.68 bits per heavy atom. The number of hydrogen-bond acceptors (Lipinski definition) is 5. The molecule has 0 aliphatic carbocycles. The van der Waals surface area contributed by atoms with Crippen LogP contribution in [-0.4, -0.2) is 79.2 Å². The summed E-state index contributed by atoms with van der Waals surface area (Å²) >= 11 is 0. The van der Waals surface area contributed by atoms with Gasteiger partial charge in [-0.25, -0.2) is 17.5 Å². The van der Waals surface area contributed by atoms with Crippen LogP contribution in [0.15, 0.2) is 76.6 Å². The van der Waals surface area contributed by atoms with Crippen molar-refractivity contribution in [2.45, 2.75) is 30.7 Å². The minimum Gasteiger partial charge on any atom is -0.465 e. The van der Waals surface area contributed by atoms with E-state index >= 15 is 0 Å². The van der Waals surface area contributed by atoms with Crippen LogP contribution in [-0.2, 0) is 21.4 Å². The van der Waals surface area contributed by atoms with Gasteiger partial charge in [0.2, 0.25) is 15.9 Å². The van der Waals surface area contributed by atoms with Crippen molar-refractivity contribution in [3.05, 3.63) is 77.9 Å². The van der Waals surface area contributed by atoms with Gasteiger partial charge in [-0.1, -0.05) is 60.7 Å². The molecule has 0 bridgehead atoms. The summed E-state index contributed by atoms with van der Waals surface area (Å²) in [6.45, 7) is 1.55. The van der Waals surface area contributed by atoms with E-state index in [4.69, 9.17) is 0 Å². The van der Waals surface area contributed by atoms with Crippen LogP contribution >= 0.6 is 0 Å². The van der Waals surface area contributed by atoms with Crippen LogP contribution in [0.1, 0.15) is 30.4 Å². The highest BCUT2D eigenvalue weighted by Gasteiger charge is 2.24. The summed E-state index contributed by atoms with van der Waals surface area (Å²) in [5.41, 5.74) is 1.65. The Bertz CT molecular complexity index is 1450. The Balaban J connectivity index is 1.25. The van der Waals surface area contributed by atoms with E-state index in [9.17, 15) is 23.1 Å². The Hall–Kier alpha value is -3.76. The zero-order valence-corrected chi connectivity index (χ0v) is 22.4. The van der Waals surface area contributed by atoms with Crippen LogP contribution in [0.3, 0.4) is 0 Å². The Morgan fingerprint density at radius 1 is 0.974 bits per heavy atom. The van der Waals surface area contributed by atoms with Crippen molar-refractivity contribution in [3.63, 3.8) is 0 Å². The lowest BCUT2D eigenvalue weighted by Gasteiger charge is -2.20.